The van der Waals surface area contributed by atoms with E-state index >= 15 is 0 Å². The van der Waals surface area contributed by atoms with Crippen molar-refractivity contribution in [1.82, 2.24) is 0 Å². The van der Waals surface area contributed by atoms with Crippen molar-refractivity contribution in [2.45, 2.75) is 32.2 Å². The summed E-state index contributed by atoms with van der Waals surface area (Å²) in [7, 11) is 0. The van der Waals surface area contributed by atoms with E-state index in [-0.39, 0.29) is 6.10 Å². The van der Waals surface area contributed by atoms with Gasteiger partial charge in [0, 0.05) is 12.2 Å². The maximum Gasteiger partial charge on any atom is 0.181 e. The molecule has 3 nitrogen and oxygen atoms in total. The van der Waals surface area contributed by atoms with Crippen LogP contribution in [0.15, 0.2) is 30.3 Å². The number of rotatable bonds is 4. The summed E-state index contributed by atoms with van der Waals surface area (Å²) < 4.78 is 11.0. The van der Waals surface area contributed by atoms with E-state index in [2.05, 4.69) is 6.92 Å². The molecule has 1 aliphatic rings. The molecule has 1 aliphatic heterocycles. The van der Waals surface area contributed by atoms with Gasteiger partial charge in [-0.3, -0.25) is 0 Å². The normalized spacial score (nSPS) is 26.7. The van der Waals surface area contributed by atoms with Crippen LogP contribution >= 0.6 is 0 Å². The van der Waals surface area contributed by atoms with E-state index in [1.807, 2.05) is 30.3 Å². The molecule has 2 rings (SSSR count). The number of aliphatic hydroxyl groups is 1. The number of benzene rings is 1. The first-order chi connectivity index (χ1) is 8.25. The van der Waals surface area contributed by atoms with Crippen molar-refractivity contribution < 1.29 is 14.6 Å². The molecule has 1 N–H and O–H groups in total. The van der Waals surface area contributed by atoms with Crippen LogP contribution in [0.3, 0.4) is 0 Å². The lowest BCUT2D eigenvalue weighted by Crippen LogP contribution is -2.29. The molecule has 0 aliphatic carbocycles. The first-order valence-electron chi connectivity index (χ1n) is 6.22. The summed E-state index contributed by atoms with van der Waals surface area (Å²) in [5, 5.41) is 9.84. The fourth-order valence-electron chi connectivity index (χ4n) is 2.10. The van der Waals surface area contributed by atoms with Crippen LogP contribution in [-0.2, 0) is 9.47 Å². The van der Waals surface area contributed by atoms with Crippen molar-refractivity contribution in [3.05, 3.63) is 35.9 Å². The van der Waals surface area contributed by atoms with Crippen molar-refractivity contribution in [2.24, 2.45) is 5.92 Å². The van der Waals surface area contributed by atoms with E-state index in [1.54, 1.807) is 0 Å². The number of hydrogen-bond acceptors (Lipinski definition) is 3. The van der Waals surface area contributed by atoms with E-state index < -0.39 is 6.29 Å². The van der Waals surface area contributed by atoms with E-state index in [4.69, 9.17) is 9.47 Å². The van der Waals surface area contributed by atoms with Gasteiger partial charge in [-0.05, 0) is 18.8 Å². The maximum absolute atomic E-state index is 9.84. The zero-order valence-electron chi connectivity index (χ0n) is 10.2. The van der Waals surface area contributed by atoms with Crippen molar-refractivity contribution in [3.63, 3.8) is 0 Å². The van der Waals surface area contributed by atoms with Gasteiger partial charge in [-0.25, -0.2) is 0 Å². The third kappa shape index (κ3) is 3.80. The van der Waals surface area contributed by atoms with E-state index in [9.17, 15) is 5.11 Å². The van der Waals surface area contributed by atoms with E-state index in [0.717, 1.165) is 25.0 Å². The second kappa shape index (κ2) is 6.15. The van der Waals surface area contributed by atoms with Crippen LogP contribution in [0.25, 0.3) is 0 Å². The first kappa shape index (κ1) is 12.6. The topological polar surface area (TPSA) is 38.7 Å². The van der Waals surface area contributed by atoms with Crippen LogP contribution in [0, 0.1) is 5.92 Å². The van der Waals surface area contributed by atoms with Crippen molar-refractivity contribution in [1.29, 1.82) is 0 Å². The van der Waals surface area contributed by atoms with Gasteiger partial charge in [0.05, 0.1) is 12.7 Å². The molecule has 94 valence electrons. The number of hydrogen-bond donors (Lipinski definition) is 1. The summed E-state index contributed by atoms with van der Waals surface area (Å²) in [6.45, 7) is 3.49. The fourth-order valence-corrected chi connectivity index (χ4v) is 2.10. The third-order valence-corrected chi connectivity index (χ3v) is 3.15. The van der Waals surface area contributed by atoms with Crippen LogP contribution in [-0.4, -0.2) is 24.4 Å². The standard InChI is InChI=1S/C14H20O3/c1-11-7-8-16-13(9-11)10-17-14(15)12-5-3-2-4-6-12/h2-6,11,13-15H,7-10H2,1H3. The lowest BCUT2D eigenvalue weighted by Gasteiger charge is -2.27. The largest absolute Gasteiger partial charge is 0.376 e. The molecule has 0 amide bonds. The Morgan fingerprint density at radius 3 is 2.88 bits per heavy atom. The highest BCUT2D eigenvalue weighted by Gasteiger charge is 2.20. The quantitative estimate of drug-likeness (QED) is 0.816. The average Bonchev–Trinajstić information content (AvgIpc) is 2.37. The Labute approximate surface area is 102 Å². The van der Waals surface area contributed by atoms with Gasteiger partial charge < -0.3 is 14.6 Å². The van der Waals surface area contributed by atoms with Crippen LogP contribution in [0.1, 0.15) is 31.6 Å². The summed E-state index contributed by atoms with van der Waals surface area (Å²) in [4.78, 5) is 0. The van der Waals surface area contributed by atoms with Gasteiger partial charge in [-0.15, -0.1) is 0 Å². The second-order valence-corrected chi connectivity index (χ2v) is 4.72. The Kier molecular flexibility index (Phi) is 4.54. The highest BCUT2D eigenvalue weighted by Crippen LogP contribution is 2.21. The average molecular weight is 236 g/mol. The molecule has 1 saturated heterocycles. The van der Waals surface area contributed by atoms with Crippen molar-refractivity contribution in [3.8, 4) is 0 Å². The van der Waals surface area contributed by atoms with Gasteiger partial charge in [0.2, 0.25) is 0 Å². The Morgan fingerprint density at radius 2 is 2.18 bits per heavy atom. The molecule has 1 aromatic carbocycles. The van der Waals surface area contributed by atoms with Gasteiger partial charge in [0.25, 0.3) is 0 Å². The predicted octanol–water partition coefficient (Wildman–Crippen LogP) is 2.51. The Balaban J connectivity index is 1.78. The molecule has 0 bridgehead atoms. The van der Waals surface area contributed by atoms with Crippen molar-refractivity contribution >= 4 is 0 Å². The highest BCUT2D eigenvalue weighted by atomic mass is 16.6. The summed E-state index contributed by atoms with van der Waals surface area (Å²) in [5.74, 6) is 0.686. The van der Waals surface area contributed by atoms with Gasteiger partial charge in [0.1, 0.15) is 0 Å². The summed E-state index contributed by atoms with van der Waals surface area (Å²) in [6.07, 6.45) is 1.41. The minimum absolute atomic E-state index is 0.122. The van der Waals surface area contributed by atoms with E-state index in [1.165, 1.54) is 0 Å². The molecule has 1 heterocycles. The minimum atomic E-state index is -0.850. The van der Waals surface area contributed by atoms with Gasteiger partial charge >= 0.3 is 0 Å². The Hall–Kier alpha value is -0.900. The third-order valence-electron chi connectivity index (χ3n) is 3.15. The Morgan fingerprint density at radius 1 is 1.41 bits per heavy atom. The molecular weight excluding hydrogens is 216 g/mol. The molecule has 17 heavy (non-hydrogen) atoms. The highest BCUT2D eigenvalue weighted by molar-refractivity contribution is 5.15. The molecular formula is C14H20O3. The SMILES string of the molecule is CC1CCOC(COC(O)c2ccccc2)C1. The van der Waals surface area contributed by atoms with Gasteiger partial charge in [0.15, 0.2) is 6.29 Å². The minimum Gasteiger partial charge on any atom is -0.376 e. The van der Waals surface area contributed by atoms with Crippen LogP contribution in [0.2, 0.25) is 0 Å². The molecule has 3 unspecified atom stereocenters. The zero-order chi connectivity index (χ0) is 12.1. The molecule has 3 heteroatoms. The smallest absolute Gasteiger partial charge is 0.181 e. The Bertz CT molecular complexity index is 325. The molecule has 0 radical (unpaired) electrons. The maximum atomic E-state index is 9.84. The fraction of sp³-hybridized carbons (Fsp3) is 0.571. The van der Waals surface area contributed by atoms with E-state index in [0.29, 0.717) is 12.5 Å². The molecule has 1 aromatic rings. The molecule has 0 spiro atoms. The second-order valence-electron chi connectivity index (χ2n) is 4.72. The van der Waals surface area contributed by atoms with Crippen LogP contribution in [0.5, 0.6) is 0 Å². The number of aliphatic hydroxyl groups excluding tert-OH is 1. The van der Waals surface area contributed by atoms with Crippen LogP contribution < -0.4 is 0 Å². The van der Waals surface area contributed by atoms with Crippen molar-refractivity contribution in [2.75, 3.05) is 13.2 Å². The molecule has 1 fully saturated rings. The summed E-state index contributed by atoms with van der Waals surface area (Å²) in [5.41, 5.74) is 0.788. The first-order valence-corrected chi connectivity index (χ1v) is 6.22. The zero-order valence-corrected chi connectivity index (χ0v) is 10.2. The predicted molar refractivity (Wildman–Crippen MR) is 65.5 cm³/mol. The summed E-state index contributed by atoms with van der Waals surface area (Å²) in [6, 6.07) is 9.41. The lowest BCUT2D eigenvalue weighted by molar-refractivity contribution is -0.144. The van der Waals surface area contributed by atoms with Gasteiger partial charge in [-0.1, -0.05) is 37.3 Å². The van der Waals surface area contributed by atoms with Crippen LogP contribution in [0.4, 0.5) is 0 Å². The number of ether oxygens (including phenoxy) is 2. The molecule has 0 saturated carbocycles. The lowest BCUT2D eigenvalue weighted by atomic mass is 9.98. The molecule has 3 atom stereocenters. The monoisotopic (exact) mass is 236 g/mol. The summed E-state index contributed by atoms with van der Waals surface area (Å²) >= 11 is 0. The molecule has 0 aromatic heterocycles. The van der Waals surface area contributed by atoms with Gasteiger partial charge in [-0.2, -0.15) is 0 Å².